The summed E-state index contributed by atoms with van der Waals surface area (Å²) < 4.78 is 0. The van der Waals surface area contributed by atoms with E-state index in [2.05, 4.69) is 151 Å². The van der Waals surface area contributed by atoms with Crippen molar-refractivity contribution < 1.29 is 0 Å². The number of hydrogen-bond donors (Lipinski definition) is 1. The SMILES string of the molecule is c1ccc(-c2ccc(Nc3ccc4c(c3)C3(c5ccccc5S4)c4ccccc4-c4ccccc43)cc2)cc1. The van der Waals surface area contributed by atoms with Crippen molar-refractivity contribution in [3.8, 4) is 22.3 Å². The maximum Gasteiger partial charge on any atom is 0.0736 e. The fourth-order valence-corrected chi connectivity index (χ4v) is 7.65. The van der Waals surface area contributed by atoms with Gasteiger partial charge in [-0.1, -0.05) is 121 Å². The highest BCUT2D eigenvalue weighted by molar-refractivity contribution is 7.99. The molecular formula is C37H25NS. The van der Waals surface area contributed by atoms with E-state index in [1.807, 2.05) is 11.8 Å². The van der Waals surface area contributed by atoms with Gasteiger partial charge in [0.15, 0.2) is 0 Å². The van der Waals surface area contributed by atoms with Crippen LogP contribution >= 0.6 is 11.8 Å². The maximum atomic E-state index is 3.70. The van der Waals surface area contributed by atoms with Gasteiger partial charge >= 0.3 is 0 Å². The predicted molar refractivity (Wildman–Crippen MR) is 163 cm³/mol. The molecule has 1 aliphatic carbocycles. The van der Waals surface area contributed by atoms with Gasteiger partial charge in [-0.05, 0) is 80.9 Å². The van der Waals surface area contributed by atoms with Crippen LogP contribution in [0.4, 0.5) is 11.4 Å². The molecule has 1 spiro atoms. The van der Waals surface area contributed by atoms with E-state index in [1.54, 1.807) is 0 Å². The molecule has 6 aromatic carbocycles. The summed E-state index contributed by atoms with van der Waals surface area (Å²) in [7, 11) is 0. The largest absolute Gasteiger partial charge is 0.356 e. The Morgan fingerprint density at radius 1 is 0.410 bits per heavy atom. The molecule has 8 rings (SSSR count). The molecule has 0 saturated heterocycles. The van der Waals surface area contributed by atoms with Crippen molar-refractivity contribution in [3.63, 3.8) is 0 Å². The minimum Gasteiger partial charge on any atom is -0.356 e. The lowest BCUT2D eigenvalue weighted by Crippen LogP contribution is -2.32. The molecule has 184 valence electrons. The Morgan fingerprint density at radius 2 is 0.949 bits per heavy atom. The Balaban J connectivity index is 1.29. The predicted octanol–water partition coefficient (Wildman–Crippen LogP) is 9.92. The Bertz CT molecular complexity index is 1810. The second kappa shape index (κ2) is 8.76. The Labute approximate surface area is 233 Å². The van der Waals surface area contributed by atoms with Crippen LogP contribution in [0, 0.1) is 0 Å². The molecule has 1 nitrogen and oxygen atoms in total. The summed E-state index contributed by atoms with van der Waals surface area (Å²) in [5.41, 5.74) is 12.4. The fraction of sp³-hybridized carbons (Fsp3) is 0.0270. The van der Waals surface area contributed by atoms with Crippen LogP contribution in [0.2, 0.25) is 0 Å². The second-order valence-corrected chi connectivity index (χ2v) is 11.3. The van der Waals surface area contributed by atoms with Crippen LogP contribution in [0.5, 0.6) is 0 Å². The van der Waals surface area contributed by atoms with E-state index in [4.69, 9.17) is 0 Å². The summed E-state index contributed by atoms with van der Waals surface area (Å²) in [6.45, 7) is 0. The third-order valence-electron chi connectivity index (χ3n) is 8.13. The number of fused-ring (bicyclic) bond motifs is 9. The smallest absolute Gasteiger partial charge is 0.0736 e. The number of nitrogens with one attached hydrogen (secondary N) is 1. The van der Waals surface area contributed by atoms with E-state index in [0.29, 0.717) is 0 Å². The van der Waals surface area contributed by atoms with Crippen LogP contribution in [-0.2, 0) is 5.41 Å². The molecule has 0 saturated carbocycles. The van der Waals surface area contributed by atoms with Crippen molar-refractivity contribution in [1.82, 2.24) is 0 Å². The second-order valence-electron chi connectivity index (χ2n) is 10.2. The van der Waals surface area contributed by atoms with Crippen molar-refractivity contribution in [2.24, 2.45) is 0 Å². The van der Waals surface area contributed by atoms with E-state index in [9.17, 15) is 0 Å². The molecule has 0 unspecified atom stereocenters. The molecule has 1 aliphatic heterocycles. The average molecular weight is 516 g/mol. The van der Waals surface area contributed by atoms with E-state index < -0.39 is 0 Å². The van der Waals surface area contributed by atoms with Crippen LogP contribution < -0.4 is 5.32 Å². The Hall–Kier alpha value is -4.53. The van der Waals surface area contributed by atoms with Crippen LogP contribution in [0.3, 0.4) is 0 Å². The van der Waals surface area contributed by atoms with E-state index in [-0.39, 0.29) is 5.41 Å². The molecule has 39 heavy (non-hydrogen) atoms. The highest BCUT2D eigenvalue weighted by Crippen LogP contribution is 2.62. The van der Waals surface area contributed by atoms with Gasteiger partial charge in [0, 0.05) is 21.2 Å². The lowest BCUT2D eigenvalue weighted by Gasteiger charge is -2.39. The number of anilines is 2. The minimum atomic E-state index is -0.348. The van der Waals surface area contributed by atoms with Crippen molar-refractivity contribution in [3.05, 3.63) is 168 Å². The van der Waals surface area contributed by atoms with Crippen LogP contribution in [0.15, 0.2) is 155 Å². The van der Waals surface area contributed by atoms with Crippen LogP contribution in [0.1, 0.15) is 22.3 Å². The van der Waals surface area contributed by atoms with Gasteiger partial charge in [-0.2, -0.15) is 0 Å². The highest BCUT2D eigenvalue weighted by atomic mass is 32.2. The summed E-state index contributed by atoms with van der Waals surface area (Å²) in [6.07, 6.45) is 0. The Kier molecular flexibility index (Phi) is 5.04. The molecule has 0 fully saturated rings. The third-order valence-corrected chi connectivity index (χ3v) is 9.28. The van der Waals surface area contributed by atoms with Crippen molar-refractivity contribution in [1.29, 1.82) is 0 Å². The standard InChI is InChI=1S/C37H25NS/c1-2-10-25(11-3-1)26-18-20-27(21-19-26)38-28-22-23-36-34(24-28)37(33-16-8-9-17-35(33)39-36)31-14-6-4-12-29(31)30-13-5-7-15-32(30)37/h1-24,38H. The van der Waals surface area contributed by atoms with Gasteiger partial charge in [0.05, 0.1) is 5.41 Å². The molecule has 0 bridgehead atoms. The molecule has 6 aromatic rings. The zero-order valence-corrected chi connectivity index (χ0v) is 22.1. The number of hydrogen-bond acceptors (Lipinski definition) is 2. The first-order valence-corrected chi connectivity index (χ1v) is 14.2. The van der Waals surface area contributed by atoms with E-state index >= 15 is 0 Å². The average Bonchev–Trinajstić information content (AvgIpc) is 3.30. The van der Waals surface area contributed by atoms with Gasteiger partial charge in [-0.3, -0.25) is 0 Å². The molecule has 0 atom stereocenters. The summed E-state index contributed by atoms with van der Waals surface area (Å²) >= 11 is 1.88. The van der Waals surface area contributed by atoms with Gasteiger partial charge in [-0.25, -0.2) is 0 Å². The lowest BCUT2D eigenvalue weighted by atomic mass is 9.67. The lowest BCUT2D eigenvalue weighted by molar-refractivity contribution is 0.723. The maximum absolute atomic E-state index is 3.70. The van der Waals surface area contributed by atoms with Gasteiger partial charge in [0.25, 0.3) is 0 Å². The summed E-state index contributed by atoms with van der Waals surface area (Å²) in [4.78, 5) is 2.64. The molecule has 0 aromatic heterocycles. The van der Waals surface area contributed by atoms with Gasteiger partial charge in [0.2, 0.25) is 0 Å². The molecule has 1 heterocycles. The third kappa shape index (κ3) is 3.35. The highest BCUT2D eigenvalue weighted by Gasteiger charge is 2.50. The summed E-state index contributed by atoms with van der Waals surface area (Å²) in [5.74, 6) is 0. The van der Waals surface area contributed by atoms with Crippen molar-refractivity contribution in [2.75, 3.05) is 5.32 Å². The summed E-state index contributed by atoms with van der Waals surface area (Å²) in [6, 6.07) is 53.0. The quantitative estimate of drug-likeness (QED) is 0.251. The summed E-state index contributed by atoms with van der Waals surface area (Å²) in [5, 5.41) is 3.70. The Morgan fingerprint density at radius 3 is 1.67 bits per heavy atom. The van der Waals surface area contributed by atoms with Crippen molar-refractivity contribution in [2.45, 2.75) is 15.2 Å². The molecule has 2 aliphatic rings. The molecule has 0 radical (unpaired) electrons. The van der Waals surface area contributed by atoms with Gasteiger partial charge in [0.1, 0.15) is 0 Å². The van der Waals surface area contributed by atoms with Crippen LogP contribution in [-0.4, -0.2) is 0 Å². The first kappa shape index (κ1) is 22.5. The zero-order chi connectivity index (χ0) is 25.8. The fourth-order valence-electron chi connectivity index (χ4n) is 6.48. The normalized spacial score (nSPS) is 13.7. The van der Waals surface area contributed by atoms with E-state index in [0.717, 1.165) is 11.4 Å². The monoisotopic (exact) mass is 515 g/mol. The first-order chi connectivity index (χ1) is 19.3. The molecule has 0 amide bonds. The first-order valence-electron chi connectivity index (χ1n) is 13.4. The van der Waals surface area contributed by atoms with Crippen molar-refractivity contribution >= 4 is 23.1 Å². The van der Waals surface area contributed by atoms with Gasteiger partial charge in [-0.15, -0.1) is 0 Å². The van der Waals surface area contributed by atoms with Crippen LogP contribution in [0.25, 0.3) is 22.3 Å². The number of rotatable bonds is 3. The number of benzene rings is 6. The zero-order valence-electron chi connectivity index (χ0n) is 21.3. The van der Waals surface area contributed by atoms with E-state index in [1.165, 1.54) is 54.3 Å². The van der Waals surface area contributed by atoms with Gasteiger partial charge < -0.3 is 5.32 Å². The topological polar surface area (TPSA) is 12.0 Å². The molecule has 1 N–H and O–H groups in total. The minimum absolute atomic E-state index is 0.348. The molecule has 2 heteroatoms. The molecular weight excluding hydrogens is 490 g/mol.